The van der Waals surface area contributed by atoms with Gasteiger partial charge in [-0.05, 0) is 26.0 Å². The van der Waals surface area contributed by atoms with Crippen LogP contribution in [0.25, 0.3) is 16.9 Å². The molecule has 1 aromatic carbocycles. The average molecular weight is 327 g/mol. The van der Waals surface area contributed by atoms with Crippen molar-refractivity contribution in [1.29, 1.82) is 0 Å². The van der Waals surface area contributed by atoms with Crippen LogP contribution < -0.4 is 0 Å². The number of para-hydroxylation sites is 1. The quantitative estimate of drug-likeness (QED) is 0.680. The molecule has 0 saturated carbocycles. The van der Waals surface area contributed by atoms with Gasteiger partial charge >= 0.3 is 0 Å². The zero-order valence-corrected chi connectivity index (χ0v) is 13.1. The standard InChI is InChI=1S/C14H13Cl2FN4/c1-3-20-14-12(8(2)19-20)18-11(7-15)21(14)13-9(16)5-4-6-10(13)17/h4-6H,3,7H2,1-2H3. The van der Waals surface area contributed by atoms with Crippen molar-refractivity contribution in [3.63, 3.8) is 0 Å². The fraction of sp³-hybridized carbons (Fsp3) is 0.286. The maximum Gasteiger partial charge on any atom is 0.163 e. The van der Waals surface area contributed by atoms with E-state index < -0.39 is 5.82 Å². The van der Waals surface area contributed by atoms with Crippen LogP contribution in [0.3, 0.4) is 0 Å². The normalized spacial score (nSPS) is 11.5. The van der Waals surface area contributed by atoms with Crippen LogP contribution >= 0.6 is 23.2 Å². The lowest BCUT2D eigenvalue weighted by atomic mass is 10.3. The van der Waals surface area contributed by atoms with Crippen LogP contribution in [0.2, 0.25) is 5.02 Å². The number of aryl methyl sites for hydroxylation is 2. The van der Waals surface area contributed by atoms with Crippen molar-refractivity contribution in [2.24, 2.45) is 0 Å². The molecule has 0 bridgehead atoms. The first-order valence-electron chi connectivity index (χ1n) is 6.53. The monoisotopic (exact) mass is 326 g/mol. The minimum atomic E-state index is -0.422. The molecule has 0 atom stereocenters. The third kappa shape index (κ3) is 2.12. The number of imidazole rings is 1. The van der Waals surface area contributed by atoms with Crippen LogP contribution in [0.4, 0.5) is 4.39 Å². The molecule has 4 nitrogen and oxygen atoms in total. The first-order chi connectivity index (χ1) is 10.1. The van der Waals surface area contributed by atoms with Crippen LogP contribution in [0.1, 0.15) is 18.4 Å². The molecule has 7 heteroatoms. The number of nitrogens with zero attached hydrogens (tertiary/aromatic N) is 4. The van der Waals surface area contributed by atoms with Gasteiger partial charge in [-0.15, -0.1) is 11.6 Å². The lowest BCUT2D eigenvalue weighted by Crippen LogP contribution is -2.08. The third-order valence-electron chi connectivity index (χ3n) is 3.36. The second-order valence-corrected chi connectivity index (χ2v) is 5.32. The maximum atomic E-state index is 14.3. The largest absolute Gasteiger partial charge is 0.275 e. The van der Waals surface area contributed by atoms with Gasteiger partial charge in [0, 0.05) is 6.54 Å². The van der Waals surface area contributed by atoms with Crippen LogP contribution in [0.15, 0.2) is 18.2 Å². The minimum absolute atomic E-state index is 0.155. The van der Waals surface area contributed by atoms with Gasteiger partial charge in [0.1, 0.15) is 22.8 Å². The first kappa shape index (κ1) is 14.4. The molecule has 0 fully saturated rings. The molecule has 21 heavy (non-hydrogen) atoms. The Labute approximate surface area is 131 Å². The summed E-state index contributed by atoms with van der Waals surface area (Å²) in [6.45, 7) is 4.48. The Morgan fingerprint density at radius 2 is 2.10 bits per heavy atom. The summed E-state index contributed by atoms with van der Waals surface area (Å²) in [7, 11) is 0. The van der Waals surface area contributed by atoms with Crippen molar-refractivity contribution in [3.05, 3.63) is 40.6 Å². The number of hydrogen-bond acceptors (Lipinski definition) is 2. The number of fused-ring (bicyclic) bond motifs is 1. The Kier molecular flexibility index (Phi) is 3.63. The molecule has 0 aliphatic carbocycles. The lowest BCUT2D eigenvalue weighted by molar-refractivity contribution is 0.611. The summed E-state index contributed by atoms with van der Waals surface area (Å²) in [6.07, 6.45) is 0. The molecule has 0 spiro atoms. The summed E-state index contributed by atoms with van der Waals surface area (Å²) in [5.74, 6) is 0.277. The van der Waals surface area contributed by atoms with Gasteiger partial charge in [0.25, 0.3) is 0 Å². The van der Waals surface area contributed by atoms with Gasteiger partial charge in [-0.3, -0.25) is 4.57 Å². The van der Waals surface area contributed by atoms with Crippen molar-refractivity contribution < 1.29 is 4.39 Å². The number of benzene rings is 1. The molecule has 0 saturated heterocycles. The number of aromatic nitrogens is 4. The Hall–Kier alpha value is -1.59. The van der Waals surface area contributed by atoms with Crippen molar-refractivity contribution in [2.45, 2.75) is 26.3 Å². The molecule has 3 aromatic rings. The summed E-state index contributed by atoms with van der Waals surface area (Å²) in [4.78, 5) is 4.48. The fourth-order valence-corrected chi connectivity index (χ4v) is 2.89. The van der Waals surface area contributed by atoms with E-state index >= 15 is 0 Å². The first-order valence-corrected chi connectivity index (χ1v) is 7.44. The number of rotatable bonds is 3. The zero-order chi connectivity index (χ0) is 15.1. The van der Waals surface area contributed by atoms with Crippen molar-refractivity contribution in [3.8, 4) is 5.69 Å². The summed E-state index contributed by atoms with van der Waals surface area (Å²) < 4.78 is 17.7. The van der Waals surface area contributed by atoms with Crippen molar-refractivity contribution in [2.75, 3.05) is 0 Å². The number of hydrogen-bond donors (Lipinski definition) is 0. The van der Waals surface area contributed by atoms with E-state index in [2.05, 4.69) is 10.1 Å². The Balaban J connectivity index is 2.45. The van der Waals surface area contributed by atoms with Crippen LogP contribution in [0, 0.1) is 12.7 Å². The van der Waals surface area contributed by atoms with E-state index in [1.54, 1.807) is 21.4 Å². The van der Waals surface area contributed by atoms with Crippen molar-refractivity contribution >= 4 is 34.4 Å². The molecule has 110 valence electrons. The third-order valence-corrected chi connectivity index (χ3v) is 3.90. The smallest absolute Gasteiger partial charge is 0.163 e. The maximum absolute atomic E-state index is 14.3. The molecule has 0 amide bonds. The minimum Gasteiger partial charge on any atom is -0.275 e. The van der Waals surface area contributed by atoms with E-state index in [0.29, 0.717) is 28.6 Å². The Bertz CT molecular complexity index is 802. The highest BCUT2D eigenvalue weighted by molar-refractivity contribution is 6.32. The van der Waals surface area contributed by atoms with Crippen LogP contribution in [-0.2, 0) is 12.4 Å². The molecule has 0 radical (unpaired) electrons. The summed E-state index contributed by atoms with van der Waals surface area (Å²) in [5, 5.41) is 4.72. The van der Waals surface area contributed by atoms with Crippen LogP contribution in [0.5, 0.6) is 0 Å². The van der Waals surface area contributed by atoms with Crippen molar-refractivity contribution in [1.82, 2.24) is 19.3 Å². The van der Waals surface area contributed by atoms with Gasteiger partial charge in [-0.25, -0.2) is 14.1 Å². The predicted molar refractivity (Wildman–Crippen MR) is 81.8 cm³/mol. The predicted octanol–water partition coefficient (Wildman–Crippen LogP) is 4.08. The van der Waals surface area contributed by atoms with E-state index in [1.165, 1.54) is 6.07 Å². The van der Waals surface area contributed by atoms with Gasteiger partial charge in [-0.1, -0.05) is 17.7 Å². The average Bonchev–Trinajstić information content (AvgIpc) is 2.97. The van der Waals surface area contributed by atoms with Gasteiger partial charge in [0.05, 0.1) is 16.6 Å². The molecular formula is C14H13Cl2FN4. The molecule has 2 heterocycles. The fourth-order valence-electron chi connectivity index (χ4n) is 2.46. The molecule has 0 aliphatic heterocycles. The second-order valence-electron chi connectivity index (χ2n) is 4.64. The summed E-state index contributed by atoms with van der Waals surface area (Å²) in [6, 6.07) is 4.58. The molecule has 3 rings (SSSR count). The van der Waals surface area contributed by atoms with E-state index in [-0.39, 0.29) is 11.6 Å². The second kappa shape index (κ2) is 5.31. The topological polar surface area (TPSA) is 35.6 Å². The molecule has 2 aromatic heterocycles. The van der Waals surface area contributed by atoms with Gasteiger partial charge in [0.15, 0.2) is 5.65 Å². The van der Waals surface area contributed by atoms with Gasteiger partial charge < -0.3 is 0 Å². The highest BCUT2D eigenvalue weighted by atomic mass is 35.5. The molecule has 0 N–H and O–H groups in total. The van der Waals surface area contributed by atoms with E-state index in [9.17, 15) is 4.39 Å². The highest BCUT2D eigenvalue weighted by Crippen LogP contribution is 2.30. The van der Waals surface area contributed by atoms with Gasteiger partial charge in [0.2, 0.25) is 0 Å². The summed E-state index contributed by atoms with van der Waals surface area (Å²) in [5.41, 5.74) is 2.46. The summed E-state index contributed by atoms with van der Waals surface area (Å²) >= 11 is 12.2. The van der Waals surface area contributed by atoms with E-state index in [0.717, 1.165) is 5.69 Å². The molecule has 0 unspecified atom stereocenters. The highest BCUT2D eigenvalue weighted by Gasteiger charge is 2.22. The molecular weight excluding hydrogens is 314 g/mol. The SMILES string of the molecule is CCn1nc(C)c2nc(CCl)n(-c3c(F)cccc3Cl)c21. The molecule has 0 aliphatic rings. The Morgan fingerprint density at radius 1 is 1.33 bits per heavy atom. The van der Waals surface area contributed by atoms with Crippen LogP contribution in [-0.4, -0.2) is 19.3 Å². The zero-order valence-electron chi connectivity index (χ0n) is 11.6. The lowest BCUT2D eigenvalue weighted by Gasteiger charge is -2.11. The van der Waals surface area contributed by atoms with Gasteiger partial charge in [-0.2, -0.15) is 5.10 Å². The van der Waals surface area contributed by atoms with E-state index in [1.807, 2.05) is 13.8 Å². The Morgan fingerprint density at radius 3 is 2.71 bits per heavy atom. The number of halogens is 3. The number of alkyl halides is 1. The van der Waals surface area contributed by atoms with E-state index in [4.69, 9.17) is 23.2 Å².